The van der Waals surface area contributed by atoms with Crippen LogP contribution in [0.1, 0.15) is 12.2 Å². The van der Waals surface area contributed by atoms with E-state index >= 15 is 0 Å². The molecule has 10 heteroatoms. The Kier molecular flexibility index (Phi) is 5.38. The molecule has 1 fully saturated rings. The van der Waals surface area contributed by atoms with E-state index in [1.807, 2.05) is 0 Å². The lowest BCUT2D eigenvalue weighted by Gasteiger charge is -2.17. The minimum Gasteiger partial charge on any atom is -0.497 e. The highest BCUT2D eigenvalue weighted by Gasteiger charge is 2.35. The summed E-state index contributed by atoms with van der Waals surface area (Å²) in [6, 6.07) is 12.8. The predicted molar refractivity (Wildman–Crippen MR) is 104 cm³/mol. The molecule has 1 aliphatic heterocycles. The Morgan fingerprint density at radius 2 is 1.87 bits per heavy atom. The van der Waals surface area contributed by atoms with Gasteiger partial charge in [0.2, 0.25) is 11.8 Å². The van der Waals surface area contributed by atoms with Crippen molar-refractivity contribution in [2.45, 2.75) is 13.0 Å². The minimum atomic E-state index is -0.477. The monoisotopic (exact) mass is 410 g/mol. The summed E-state index contributed by atoms with van der Waals surface area (Å²) in [7, 11) is 1.57. The molecule has 1 N–H and O–H groups in total. The maximum atomic E-state index is 13.1. The molecular formula is C20H19FN6O3. The molecule has 2 amide bonds. The fraction of sp³-hybridized carbons (Fsp3) is 0.250. The second-order valence-electron chi connectivity index (χ2n) is 6.80. The number of tetrazole rings is 1. The summed E-state index contributed by atoms with van der Waals surface area (Å²) in [4.78, 5) is 26.6. The molecule has 1 aromatic heterocycles. The van der Waals surface area contributed by atoms with Crippen LogP contribution in [0.15, 0.2) is 48.5 Å². The fourth-order valence-electron chi connectivity index (χ4n) is 3.30. The summed E-state index contributed by atoms with van der Waals surface area (Å²) in [5, 5.41) is 14.2. The van der Waals surface area contributed by atoms with Crippen LogP contribution in [0.25, 0.3) is 5.69 Å². The number of benzene rings is 2. The van der Waals surface area contributed by atoms with Gasteiger partial charge in [0.25, 0.3) is 0 Å². The maximum absolute atomic E-state index is 13.1. The number of rotatable bonds is 6. The van der Waals surface area contributed by atoms with E-state index in [-0.39, 0.29) is 30.6 Å². The Bertz CT molecular complexity index is 1050. The summed E-state index contributed by atoms with van der Waals surface area (Å²) < 4.78 is 19.7. The standard InChI is InChI=1S/C20H19FN6O3/c1-30-17-8-6-15(7-9-17)26-12-13(10-19(26)28)20(29)22-11-18-23-24-25-27(18)16-4-2-14(21)3-5-16/h2-9,13H,10-12H2,1H3,(H,22,29). The third kappa shape index (κ3) is 3.97. The molecule has 4 rings (SSSR count). The second-order valence-corrected chi connectivity index (χ2v) is 6.80. The second kappa shape index (κ2) is 8.27. The number of carbonyl (C=O) groups is 2. The molecule has 0 aliphatic carbocycles. The van der Waals surface area contributed by atoms with E-state index in [1.54, 1.807) is 48.4 Å². The van der Waals surface area contributed by atoms with E-state index in [0.29, 0.717) is 23.8 Å². The zero-order valence-electron chi connectivity index (χ0n) is 16.2. The molecule has 1 unspecified atom stereocenters. The van der Waals surface area contributed by atoms with Gasteiger partial charge >= 0.3 is 0 Å². The number of hydrogen-bond donors (Lipinski definition) is 1. The van der Waals surface area contributed by atoms with Crippen molar-refractivity contribution in [2.24, 2.45) is 5.92 Å². The lowest BCUT2D eigenvalue weighted by Crippen LogP contribution is -2.33. The molecule has 2 aromatic carbocycles. The van der Waals surface area contributed by atoms with Gasteiger partial charge < -0.3 is 15.0 Å². The molecule has 9 nitrogen and oxygen atoms in total. The van der Waals surface area contributed by atoms with Crippen molar-refractivity contribution in [3.63, 3.8) is 0 Å². The highest BCUT2D eigenvalue weighted by molar-refractivity contribution is 6.00. The average molecular weight is 410 g/mol. The van der Waals surface area contributed by atoms with E-state index < -0.39 is 5.92 Å². The van der Waals surface area contributed by atoms with Crippen molar-refractivity contribution in [3.8, 4) is 11.4 Å². The quantitative estimate of drug-likeness (QED) is 0.660. The molecule has 2 heterocycles. The molecule has 1 saturated heterocycles. The first-order valence-electron chi connectivity index (χ1n) is 9.30. The number of amides is 2. The topological polar surface area (TPSA) is 102 Å². The molecule has 30 heavy (non-hydrogen) atoms. The Balaban J connectivity index is 1.39. The molecule has 154 valence electrons. The van der Waals surface area contributed by atoms with Gasteiger partial charge in [0, 0.05) is 18.7 Å². The average Bonchev–Trinajstić information content (AvgIpc) is 3.39. The Hall–Kier alpha value is -3.82. The van der Waals surface area contributed by atoms with Gasteiger partial charge in [-0.25, -0.2) is 4.39 Å². The van der Waals surface area contributed by atoms with Crippen LogP contribution in [0.5, 0.6) is 5.75 Å². The first-order chi connectivity index (χ1) is 14.5. The van der Waals surface area contributed by atoms with Crippen molar-refractivity contribution >= 4 is 17.5 Å². The van der Waals surface area contributed by atoms with Gasteiger partial charge in [0.15, 0.2) is 5.82 Å². The molecule has 1 atom stereocenters. The molecule has 1 aliphatic rings. The maximum Gasteiger partial charge on any atom is 0.227 e. The molecule has 0 saturated carbocycles. The van der Waals surface area contributed by atoms with Gasteiger partial charge in [-0.05, 0) is 59.0 Å². The van der Waals surface area contributed by atoms with Crippen molar-refractivity contribution in [1.82, 2.24) is 25.5 Å². The zero-order chi connectivity index (χ0) is 21.1. The lowest BCUT2D eigenvalue weighted by molar-refractivity contribution is -0.126. The Labute approximate surface area is 171 Å². The van der Waals surface area contributed by atoms with Gasteiger partial charge in [0.05, 0.1) is 25.3 Å². The smallest absolute Gasteiger partial charge is 0.227 e. The minimum absolute atomic E-state index is 0.0798. The van der Waals surface area contributed by atoms with E-state index in [2.05, 4.69) is 20.8 Å². The Morgan fingerprint density at radius 1 is 1.17 bits per heavy atom. The fourth-order valence-corrected chi connectivity index (χ4v) is 3.30. The lowest BCUT2D eigenvalue weighted by atomic mass is 10.1. The van der Waals surface area contributed by atoms with Gasteiger partial charge in [-0.2, -0.15) is 4.68 Å². The van der Waals surface area contributed by atoms with Crippen LogP contribution in [0, 0.1) is 11.7 Å². The van der Waals surface area contributed by atoms with Gasteiger partial charge in [-0.15, -0.1) is 5.10 Å². The Morgan fingerprint density at radius 3 is 2.57 bits per heavy atom. The summed E-state index contributed by atoms with van der Waals surface area (Å²) >= 11 is 0. The van der Waals surface area contributed by atoms with Gasteiger partial charge in [-0.3, -0.25) is 9.59 Å². The normalized spacial score (nSPS) is 16.0. The number of halogens is 1. The van der Waals surface area contributed by atoms with E-state index in [9.17, 15) is 14.0 Å². The largest absolute Gasteiger partial charge is 0.497 e. The van der Waals surface area contributed by atoms with Crippen LogP contribution in [0.3, 0.4) is 0 Å². The number of aromatic nitrogens is 4. The molecule has 0 spiro atoms. The van der Waals surface area contributed by atoms with E-state index in [4.69, 9.17) is 4.74 Å². The number of anilines is 1. The van der Waals surface area contributed by atoms with Crippen molar-refractivity contribution in [3.05, 3.63) is 60.2 Å². The third-order valence-corrected chi connectivity index (χ3v) is 4.91. The molecule has 0 bridgehead atoms. The zero-order valence-corrected chi connectivity index (χ0v) is 16.2. The number of methoxy groups -OCH3 is 1. The summed E-state index contributed by atoms with van der Waals surface area (Å²) in [6.07, 6.45) is 0.126. The predicted octanol–water partition coefficient (Wildman–Crippen LogP) is 1.48. The first kappa shape index (κ1) is 19.5. The molecular weight excluding hydrogens is 391 g/mol. The number of nitrogens with one attached hydrogen (secondary N) is 1. The van der Waals surface area contributed by atoms with Crippen molar-refractivity contribution in [2.75, 3.05) is 18.6 Å². The summed E-state index contributed by atoms with van der Waals surface area (Å²) in [6.45, 7) is 0.371. The highest BCUT2D eigenvalue weighted by atomic mass is 19.1. The van der Waals surface area contributed by atoms with Crippen molar-refractivity contribution < 1.29 is 18.7 Å². The summed E-state index contributed by atoms with van der Waals surface area (Å²) in [5.41, 5.74) is 1.30. The highest BCUT2D eigenvalue weighted by Crippen LogP contribution is 2.27. The van der Waals surface area contributed by atoms with Gasteiger partial charge in [-0.1, -0.05) is 0 Å². The molecule has 0 radical (unpaired) electrons. The van der Waals surface area contributed by atoms with Crippen LogP contribution < -0.4 is 15.0 Å². The van der Waals surface area contributed by atoms with Crippen molar-refractivity contribution in [1.29, 1.82) is 0 Å². The third-order valence-electron chi connectivity index (χ3n) is 4.91. The van der Waals surface area contributed by atoms with Crippen LogP contribution >= 0.6 is 0 Å². The van der Waals surface area contributed by atoms with Crippen LogP contribution in [-0.4, -0.2) is 45.7 Å². The first-order valence-corrected chi connectivity index (χ1v) is 9.30. The number of nitrogens with zero attached hydrogens (tertiary/aromatic N) is 5. The van der Waals surface area contributed by atoms with Gasteiger partial charge in [0.1, 0.15) is 11.6 Å². The molecule has 3 aromatic rings. The van der Waals surface area contributed by atoms with E-state index in [0.717, 1.165) is 5.69 Å². The van der Waals surface area contributed by atoms with Crippen LogP contribution in [0.2, 0.25) is 0 Å². The van der Waals surface area contributed by atoms with E-state index in [1.165, 1.54) is 16.8 Å². The summed E-state index contributed by atoms with van der Waals surface area (Å²) in [5.74, 6) is -0.127. The number of hydrogen-bond acceptors (Lipinski definition) is 6. The number of ether oxygens (including phenoxy) is 1. The van der Waals surface area contributed by atoms with Crippen LogP contribution in [0.4, 0.5) is 10.1 Å². The SMILES string of the molecule is COc1ccc(N2CC(C(=O)NCc3nnnn3-c3ccc(F)cc3)CC2=O)cc1. The van der Waals surface area contributed by atoms with Crippen LogP contribution in [-0.2, 0) is 16.1 Å². The number of carbonyl (C=O) groups excluding carboxylic acids is 2.